The maximum atomic E-state index is 14.0. The Balaban J connectivity index is 1.75. The van der Waals surface area contributed by atoms with Crippen LogP contribution in [0.15, 0.2) is 42.5 Å². The number of nitrogens with one attached hydrogen (secondary N) is 1. The molecule has 35 heavy (non-hydrogen) atoms. The van der Waals surface area contributed by atoms with E-state index in [1.54, 1.807) is 42.5 Å². The summed E-state index contributed by atoms with van der Waals surface area (Å²) in [4.78, 5) is 40.5. The molecule has 2 heterocycles. The van der Waals surface area contributed by atoms with Gasteiger partial charge in [-0.2, -0.15) is 0 Å². The van der Waals surface area contributed by atoms with Crippen molar-refractivity contribution in [3.8, 4) is 0 Å². The van der Waals surface area contributed by atoms with Crippen LogP contribution < -0.4 is 5.32 Å². The third kappa shape index (κ3) is 3.97. The molecule has 184 valence electrons. The fraction of sp³-hybridized carbons (Fsp3) is 0.440. The first-order chi connectivity index (χ1) is 16.8. The van der Waals surface area contributed by atoms with Gasteiger partial charge in [0.05, 0.1) is 19.1 Å². The van der Waals surface area contributed by atoms with Crippen LogP contribution in [-0.4, -0.2) is 47.4 Å². The molecule has 0 aromatic heterocycles. The molecule has 4 atom stereocenters. The van der Waals surface area contributed by atoms with Gasteiger partial charge in [0.1, 0.15) is 5.54 Å². The predicted octanol–water partition coefficient (Wildman–Crippen LogP) is 4.62. The average Bonchev–Trinajstić information content (AvgIpc) is 3.53. The fourth-order valence-electron chi connectivity index (χ4n) is 5.93. The van der Waals surface area contributed by atoms with E-state index >= 15 is 0 Å². The minimum absolute atomic E-state index is 0.0140. The summed E-state index contributed by atoms with van der Waals surface area (Å²) in [7, 11) is 1.30. The van der Waals surface area contributed by atoms with Gasteiger partial charge in [0.15, 0.2) is 0 Å². The van der Waals surface area contributed by atoms with Crippen LogP contribution in [0, 0.1) is 16.0 Å². The SMILES string of the molecule is COC(=O)CC[C@H]1[C@@H]([N+](=O)[O-])[C@H](c2cccc(Cl)c2)[C@]2(C(=O)Nc3cc(Cl)ccc32)N1CC1CC1. The van der Waals surface area contributed by atoms with Crippen LogP contribution in [0.4, 0.5) is 5.69 Å². The normalized spacial score (nSPS) is 27.6. The second-order valence-corrected chi connectivity index (χ2v) is 10.4. The molecule has 3 aliphatic rings. The van der Waals surface area contributed by atoms with Crippen molar-refractivity contribution >= 4 is 40.8 Å². The highest BCUT2D eigenvalue weighted by atomic mass is 35.5. The van der Waals surface area contributed by atoms with Gasteiger partial charge in [-0.1, -0.05) is 41.4 Å². The molecule has 10 heteroatoms. The van der Waals surface area contributed by atoms with E-state index in [4.69, 9.17) is 27.9 Å². The summed E-state index contributed by atoms with van der Waals surface area (Å²) in [5.74, 6) is -1.27. The first kappa shape index (κ1) is 24.0. The molecule has 1 spiro atoms. The van der Waals surface area contributed by atoms with Gasteiger partial charge in [-0.25, -0.2) is 0 Å². The minimum atomic E-state index is -1.34. The molecule has 1 aliphatic carbocycles. The van der Waals surface area contributed by atoms with Crippen LogP contribution in [0.1, 0.15) is 42.7 Å². The lowest BCUT2D eigenvalue weighted by Crippen LogP contribution is -2.52. The molecule has 2 fully saturated rings. The average molecular weight is 518 g/mol. The van der Waals surface area contributed by atoms with E-state index in [0.29, 0.717) is 39.3 Å². The Labute approximate surface area is 212 Å². The van der Waals surface area contributed by atoms with E-state index in [0.717, 1.165) is 12.8 Å². The lowest BCUT2D eigenvalue weighted by molar-refractivity contribution is -0.528. The zero-order valence-electron chi connectivity index (χ0n) is 19.1. The second-order valence-electron chi connectivity index (χ2n) is 9.50. The molecule has 8 nitrogen and oxygen atoms in total. The molecule has 0 bridgehead atoms. The van der Waals surface area contributed by atoms with Crippen molar-refractivity contribution in [2.24, 2.45) is 5.92 Å². The van der Waals surface area contributed by atoms with E-state index in [9.17, 15) is 19.7 Å². The largest absolute Gasteiger partial charge is 0.469 e. The van der Waals surface area contributed by atoms with E-state index in [1.165, 1.54) is 7.11 Å². The third-order valence-electron chi connectivity index (χ3n) is 7.50. The van der Waals surface area contributed by atoms with Crippen LogP contribution in [0.2, 0.25) is 10.0 Å². The van der Waals surface area contributed by atoms with E-state index in [2.05, 4.69) is 5.32 Å². The van der Waals surface area contributed by atoms with Gasteiger partial charge in [-0.3, -0.25) is 24.6 Å². The van der Waals surface area contributed by atoms with Crippen molar-refractivity contribution in [1.29, 1.82) is 0 Å². The van der Waals surface area contributed by atoms with Gasteiger partial charge in [0.2, 0.25) is 6.04 Å². The molecule has 2 aliphatic heterocycles. The van der Waals surface area contributed by atoms with Crippen molar-refractivity contribution in [3.05, 3.63) is 73.8 Å². The first-order valence-corrected chi connectivity index (χ1v) is 12.4. The van der Waals surface area contributed by atoms with Crippen molar-refractivity contribution in [1.82, 2.24) is 4.90 Å². The monoisotopic (exact) mass is 517 g/mol. The van der Waals surface area contributed by atoms with Gasteiger partial charge >= 0.3 is 5.97 Å². The summed E-state index contributed by atoms with van der Waals surface area (Å²) < 4.78 is 4.83. The molecular weight excluding hydrogens is 493 g/mol. The summed E-state index contributed by atoms with van der Waals surface area (Å²) in [6.45, 7) is 0.517. The molecule has 0 radical (unpaired) electrons. The molecule has 1 saturated carbocycles. The second kappa shape index (κ2) is 9.08. The van der Waals surface area contributed by atoms with Crippen LogP contribution in [0.3, 0.4) is 0 Å². The Morgan fingerprint density at radius 2 is 1.97 bits per heavy atom. The molecule has 1 amide bonds. The smallest absolute Gasteiger partial charge is 0.305 e. The molecule has 2 aromatic carbocycles. The fourth-order valence-corrected chi connectivity index (χ4v) is 6.30. The summed E-state index contributed by atoms with van der Waals surface area (Å²) in [5, 5.41) is 16.6. The van der Waals surface area contributed by atoms with E-state index < -0.39 is 29.5 Å². The number of carbonyl (C=O) groups excluding carboxylic acids is 2. The zero-order chi connectivity index (χ0) is 24.9. The van der Waals surface area contributed by atoms with Crippen molar-refractivity contribution in [2.75, 3.05) is 19.0 Å². The number of carbonyl (C=O) groups is 2. The van der Waals surface area contributed by atoms with Gasteiger partial charge in [-0.15, -0.1) is 0 Å². The molecule has 1 saturated heterocycles. The molecule has 0 unspecified atom stereocenters. The number of nitro groups is 1. The Morgan fingerprint density at radius 3 is 2.63 bits per heavy atom. The van der Waals surface area contributed by atoms with E-state index in [-0.39, 0.29) is 23.7 Å². The number of hydrogen-bond donors (Lipinski definition) is 1. The van der Waals surface area contributed by atoms with Gasteiger partial charge < -0.3 is 10.1 Å². The van der Waals surface area contributed by atoms with Crippen LogP contribution in [-0.2, 0) is 19.9 Å². The van der Waals surface area contributed by atoms with Crippen molar-refractivity contribution in [2.45, 2.75) is 49.2 Å². The summed E-state index contributed by atoms with van der Waals surface area (Å²) in [5.41, 5.74) is 0.473. The van der Waals surface area contributed by atoms with Crippen molar-refractivity contribution < 1.29 is 19.2 Å². The third-order valence-corrected chi connectivity index (χ3v) is 7.97. The Morgan fingerprint density at radius 1 is 1.23 bits per heavy atom. The number of rotatable bonds is 7. The predicted molar refractivity (Wildman–Crippen MR) is 131 cm³/mol. The Kier molecular flexibility index (Phi) is 6.23. The van der Waals surface area contributed by atoms with Gasteiger partial charge in [-0.05, 0) is 55.0 Å². The number of benzene rings is 2. The van der Waals surface area contributed by atoms with Crippen LogP contribution >= 0.6 is 23.2 Å². The lowest BCUT2D eigenvalue weighted by Gasteiger charge is -2.38. The number of methoxy groups -OCH3 is 1. The molecular formula is C25H25Cl2N3O5. The highest BCUT2D eigenvalue weighted by Crippen LogP contribution is 2.59. The Hall–Kier alpha value is -2.68. The van der Waals surface area contributed by atoms with Crippen LogP contribution in [0.25, 0.3) is 0 Å². The topological polar surface area (TPSA) is 102 Å². The maximum absolute atomic E-state index is 14.0. The van der Waals surface area contributed by atoms with Crippen molar-refractivity contribution in [3.63, 3.8) is 0 Å². The standard InChI is InChI=1S/C25H25Cl2N3O5/c1-35-21(31)10-9-20-23(30(33)34)22(15-3-2-4-16(26)11-15)25(29(20)13-14-5-6-14)18-8-7-17(27)12-19(18)28-24(25)32/h2-4,7-8,11-12,14,20,22-23H,5-6,9-10,13H2,1H3,(H,28,32)/t20-,22-,23+,25+/m0/s1. The number of anilines is 1. The van der Waals surface area contributed by atoms with Gasteiger partial charge in [0.25, 0.3) is 5.91 Å². The number of nitrogens with zero attached hydrogens (tertiary/aromatic N) is 2. The maximum Gasteiger partial charge on any atom is 0.305 e. The number of fused-ring (bicyclic) bond motifs is 2. The van der Waals surface area contributed by atoms with E-state index in [1.807, 2.05) is 4.90 Å². The molecule has 1 N–H and O–H groups in total. The summed E-state index contributed by atoms with van der Waals surface area (Å²) in [6, 6.07) is 10.3. The number of likely N-dealkylation sites (tertiary alicyclic amines) is 1. The summed E-state index contributed by atoms with van der Waals surface area (Å²) in [6.07, 6.45) is 2.20. The molecule has 5 rings (SSSR count). The first-order valence-electron chi connectivity index (χ1n) is 11.6. The number of esters is 1. The van der Waals surface area contributed by atoms with Crippen LogP contribution in [0.5, 0.6) is 0 Å². The number of hydrogen-bond acceptors (Lipinski definition) is 6. The highest BCUT2D eigenvalue weighted by Gasteiger charge is 2.71. The number of ether oxygens (including phenoxy) is 1. The number of halogens is 2. The summed E-state index contributed by atoms with van der Waals surface area (Å²) >= 11 is 12.6. The quantitative estimate of drug-likeness (QED) is 0.326. The lowest BCUT2D eigenvalue weighted by atomic mass is 9.73. The highest BCUT2D eigenvalue weighted by molar-refractivity contribution is 6.31. The molecule has 2 aromatic rings. The van der Waals surface area contributed by atoms with Gasteiger partial charge in [0, 0.05) is 39.2 Å². The zero-order valence-corrected chi connectivity index (χ0v) is 20.6. The Bertz CT molecular complexity index is 1200. The minimum Gasteiger partial charge on any atom is -0.469 e. The number of amides is 1.